The monoisotopic (exact) mass is 441 g/mol. The first-order valence-corrected chi connectivity index (χ1v) is 11.0. The molecule has 148 valence electrons. The van der Waals surface area contributed by atoms with Crippen LogP contribution in [-0.2, 0) is 11.2 Å². The van der Waals surface area contributed by atoms with Gasteiger partial charge < -0.3 is 9.80 Å². The molecule has 0 spiro atoms. The molecule has 28 heavy (non-hydrogen) atoms. The highest BCUT2D eigenvalue weighted by Crippen LogP contribution is 2.48. The zero-order valence-corrected chi connectivity index (χ0v) is 18.0. The summed E-state index contributed by atoms with van der Waals surface area (Å²) >= 11 is 3.48. The molecule has 1 aromatic heterocycles. The number of hydrogen-bond acceptors (Lipinski definition) is 3. The normalized spacial score (nSPS) is 22.8. The number of rotatable bonds is 6. The van der Waals surface area contributed by atoms with Crippen molar-refractivity contribution in [3.05, 3.63) is 64.4 Å². The van der Waals surface area contributed by atoms with Crippen molar-refractivity contribution in [2.75, 3.05) is 26.7 Å². The number of amides is 1. The molecule has 2 aromatic rings. The van der Waals surface area contributed by atoms with Crippen LogP contribution in [0, 0.1) is 5.92 Å². The van der Waals surface area contributed by atoms with Gasteiger partial charge in [-0.25, -0.2) is 0 Å². The van der Waals surface area contributed by atoms with Gasteiger partial charge in [0.1, 0.15) is 0 Å². The molecule has 2 aliphatic rings. The van der Waals surface area contributed by atoms with Gasteiger partial charge in [-0.1, -0.05) is 28.1 Å². The summed E-state index contributed by atoms with van der Waals surface area (Å²) in [6.45, 7) is 3.24. The predicted octanol–water partition coefficient (Wildman–Crippen LogP) is 4.11. The molecular formula is C23H28BrN3O. The summed E-state index contributed by atoms with van der Waals surface area (Å²) in [6.07, 6.45) is 7.94. The summed E-state index contributed by atoms with van der Waals surface area (Å²) in [5.74, 6) is 0.919. The summed E-state index contributed by atoms with van der Waals surface area (Å²) in [5.41, 5.74) is 2.64. The molecule has 1 aliphatic heterocycles. The minimum Gasteiger partial charge on any atom is -0.342 e. The quantitative estimate of drug-likeness (QED) is 0.676. The zero-order chi connectivity index (χ0) is 19.5. The molecule has 2 unspecified atom stereocenters. The molecule has 0 N–H and O–H groups in total. The molecule has 4 rings (SSSR count). The summed E-state index contributed by atoms with van der Waals surface area (Å²) in [6, 6.07) is 13.0. The van der Waals surface area contributed by atoms with Crippen LogP contribution in [0.15, 0.2) is 53.3 Å². The SMILES string of the molecule is CN(C(=O)C1CC1c1ccc(Br)cc1)C1CCN(CCc2ccncc2)CC1. The van der Waals surface area contributed by atoms with Gasteiger partial charge in [0.2, 0.25) is 5.91 Å². The van der Waals surface area contributed by atoms with E-state index in [4.69, 9.17) is 0 Å². The van der Waals surface area contributed by atoms with E-state index < -0.39 is 0 Å². The highest BCUT2D eigenvalue weighted by Gasteiger charge is 2.46. The van der Waals surface area contributed by atoms with Gasteiger partial charge in [0.05, 0.1) is 0 Å². The number of carbonyl (C=O) groups excluding carboxylic acids is 1. The predicted molar refractivity (Wildman–Crippen MR) is 115 cm³/mol. The van der Waals surface area contributed by atoms with Gasteiger partial charge in [0.15, 0.2) is 0 Å². The minimum absolute atomic E-state index is 0.177. The van der Waals surface area contributed by atoms with Crippen LogP contribution >= 0.6 is 15.9 Å². The first-order chi connectivity index (χ1) is 13.6. The van der Waals surface area contributed by atoms with Gasteiger partial charge in [-0.15, -0.1) is 0 Å². The first kappa shape index (κ1) is 19.6. The third kappa shape index (κ3) is 4.64. The number of benzene rings is 1. The van der Waals surface area contributed by atoms with Crippen molar-refractivity contribution in [1.82, 2.24) is 14.8 Å². The van der Waals surface area contributed by atoms with Gasteiger partial charge >= 0.3 is 0 Å². The Labute approximate surface area is 176 Å². The Bertz CT molecular complexity index is 787. The molecule has 2 fully saturated rings. The van der Waals surface area contributed by atoms with E-state index in [-0.39, 0.29) is 5.92 Å². The summed E-state index contributed by atoms with van der Waals surface area (Å²) in [4.78, 5) is 21.6. The van der Waals surface area contributed by atoms with Crippen molar-refractivity contribution in [2.45, 2.75) is 37.6 Å². The molecule has 5 heteroatoms. The minimum atomic E-state index is 0.177. The number of nitrogens with zero attached hydrogens (tertiary/aromatic N) is 3. The van der Waals surface area contributed by atoms with Crippen molar-refractivity contribution >= 4 is 21.8 Å². The fourth-order valence-electron chi connectivity index (χ4n) is 4.35. The summed E-state index contributed by atoms with van der Waals surface area (Å²) in [5, 5.41) is 0. The van der Waals surface area contributed by atoms with Gasteiger partial charge in [0, 0.05) is 55.5 Å². The Morgan fingerprint density at radius 1 is 1.14 bits per heavy atom. The zero-order valence-electron chi connectivity index (χ0n) is 16.4. The topological polar surface area (TPSA) is 36.4 Å². The highest BCUT2D eigenvalue weighted by atomic mass is 79.9. The maximum Gasteiger partial charge on any atom is 0.226 e. The van der Waals surface area contributed by atoms with Crippen molar-refractivity contribution in [3.63, 3.8) is 0 Å². The number of hydrogen-bond donors (Lipinski definition) is 0. The largest absolute Gasteiger partial charge is 0.342 e. The Morgan fingerprint density at radius 2 is 1.82 bits per heavy atom. The van der Waals surface area contributed by atoms with E-state index in [9.17, 15) is 4.79 Å². The maximum absolute atomic E-state index is 12.9. The van der Waals surface area contributed by atoms with E-state index >= 15 is 0 Å². The average Bonchev–Trinajstić information content (AvgIpc) is 3.54. The lowest BCUT2D eigenvalue weighted by atomic mass is 10.0. The number of pyridine rings is 1. The molecule has 2 heterocycles. The lowest BCUT2D eigenvalue weighted by Gasteiger charge is -2.37. The standard InChI is InChI=1S/C23H28BrN3O/c1-26(23(28)22-16-21(22)18-2-4-19(24)5-3-18)20-9-14-27(15-10-20)13-8-17-6-11-25-12-7-17/h2-7,11-12,20-22H,8-10,13-16H2,1H3. The summed E-state index contributed by atoms with van der Waals surface area (Å²) in [7, 11) is 2.01. The molecule has 1 aliphatic carbocycles. The average molecular weight is 442 g/mol. The van der Waals surface area contributed by atoms with E-state index in [1.54, 1.807) is 0 Å². The van der Waals surface area contributed by atoms with Crippen molar-refractivity contribution < 1.29 is 4.79 Å². The van der Waals surface area contributed by atoms with Crippen LogP contribution in [-0.4, -0.2) is 53.4 Å². The molecule has 1 aromatic carbocycles. The van der Waals surface area contributed by atoms with E-state index in [2.05, 4.69) is 62.2 Å². The molecule has 1 saturated heterocycles. The second-order valence-corrected chi connectivity index (χ2v) is 9.04. The Morgan fingerprint density at radius 3 is 2.50 bits per heavy atom. The van der Waals surface area contributed by atoms with Crippen LogP contribution in [0.2, 0.25) is 0 Å². The van der Waals surface area contributed by atoms with Gasteiger partial charge in [-0.2, -0.15) is 0 Å². The fraction of sp³-hybridized carbons (Fsp3) is 0.478. The lowest BCUT2D eigenvalue weighted by Crippen LogP contribution is -2.46. The lowest BCUT2D eigenvalue weighted by molar-refractivity contribution is -0.134. The van der Waals surface area contributed by atoms with Crippen LogP contribution < -0.4 is 0 Å². The third-order valence-electron chi connectivity index (χ3n) is 6.32. The van der Waals surface area contributed by atoms with Crippen LogP contribution in [0.25, 0.3) is 0 Å². The van der Waals surface area contributed by atoms with E-state index in [1.165, 1.54) is 11.1 Å². The second kappa shape index (κ2) is 8.75. The smallest absolute Gasteiger partial charge is 0.226 e. The van der Waals surface area contributed by atoms with Crippen LogP contribution in [0.5, 0.6) is 0 Å². The molecule has 1 amide bonds. The molecule has 4 nitrogen and oxygen atoms in total. The molecule has 0 radical (unpaired) electrons. The number of likely N-dealkylation sites (tertiary alicyclic amines) is 1. The van der Waals surface area contributed by atoms with Crippen molar-refractivity contribution in [1.29, 1.82) is 0 Å². The third-order valence-corrected chi connectivity index (χ3v) is 6.85. The highest BCUT2D eigenvalue weighted by molar-refractivity contribution is 9.10. The van der Waals surface area contributed by atoms with Gasteiger partial charge in [0.25, 0.3) is 0 Å². The molecule has 0 bridgehead atoms. The maximum atomic E-state index is 12.9. The number of carbonyl (C=O) groups is 1. The van der Waals surface area contributed by atoms with Crippen LogP contribution in [0.1, 0.15) is 36.3 Å². The van der Waals surface area contributed by atoms with Gasteiger partial charge in [-0.05, 0) is 67.0 Å². The number of halogens is 1. The fourth-order valence-corrected chi connectivity index (χ4v) is 4.62. The summed E-state index contributed by atoms with van der Waals surface area (Å²) < 4.78 is 1.09. The Hall–Kier alpha value is -1.72. The van der Waals surface area contributed by atoms with E-state index in [0.29, 0.717) is 17.9 Å². The van der Waals surface area contributed by atoms with E-state index in [1.807, 2.05) is 24.3 Å². The van der Waals surface area contributed by atoms with Crippen LogP contribution in [0.4, 0.5) is 0 Å². The Kier molecular flexibility index (Phi) is 6.12. The molecular weight excluding hydrogens is 414 g/mol. The van der Waals surface area contributed by atoms with E-state index in [0.717, 1.165) is 49.8 Å². The molecule has 2 atom stereocenters. The number of piperidine rings is 1. The Balaban J connectivity index is 1.23. The molecule has 1 saturated carbocycles. The van der Waals surface area contributed by atoms with Crippen molar-refractivity contribution in [3.8, 4) is 0 Å². The first-order valence-electron chi connectivity index (χ1n) is 10.2. The second-order valence-electron chi connectivity index (χ2n) is 8.13. The van der Waals surface area contributed by atoms with Crippen molar-refractivity contribution in [2.24, 2.45) is 5.92 Å². The van der Waals surface area contributed by atoms with Crippen LogP contribution in [0.3, 0.4) is 0 Å². The van der Waals surface area contributed by atoms with Gasteiger partial charge in [-0.3, -0.25) is 9.78 Å². The number of aromatic nitrogens is 1.